The number of allylic oxidation sites excluding steroid dienone is 1. The van der Waals surface area contributed by atoms with Gasteiger partial charge in [-0.15, -0.1) is 6.58 Å². The van der Waals surface area contributed by atoms with E-state index in [2.05, 4.69) is 27.4 Å². The lowest BCUT2D eigenvalue weighted by atomic mass is 9.92. The third-order valence-electron chi connectivity index (χ3n) is 7.77. The van der Waals surface area contributed by atoms with Crippen molar-refractivity contribution in [2.75, 3.05) is 19.8 Å². The first-order chi connectivity index (χ1) is 17.7. The Kier molecular flexibility index (Phi) is 22.1. The lowest BCUT2D eigenvalue weighted by Gasteiger charge is -2.28. The van der Waals surface area contributed by atoms with E-state index in [1.165, 1.54) is 96.3 Å². The van der Waals surface area contributed by atoms with Gasteiger partial charge in [0.05, 0.1) is 12.7 Å². The van der Waals surface area contributed by atoms with Crippen molar-refractivity contribution in [3.63, 3.8) is 0 Å². The summed E-state index contributed by atoms with van der Waals surface area (Å²) in [5, 5.41) is 10.1. The van der Waals surface area contributed by atoms with Gasteiger partial charge in [0, 0.05) is 13.2 Å². The number of ether oxygens (including phenoxy) is 3. The van der Waals surface area contributed by atoms with E-state index in [4.69, 9.17) is 14.2 Å². The molecule has 0 aromatic heterocycles. The van der Waals surface area contributed by atoms with Gasteiger partial charge in [-0.3, -0.25) is 0 Å². The standard InChI is InChI=1S/C32H62O4/c1-5-8-11-14-17-18-21-24-28(4)30-32(35-26-23-20-16-13-10-7-3)31(29(27-33)36-30)34-25-22-19-15-12-9-6-2/h5,28-33H,1,6-27H2,2-4H3/t28?,29-,30-,31-,32-/m1/s1. The van der Waals surface area contributed by atoms with Gasteiger partial charge in [-0.05, 0) is 38.0 Å². The van der Waals surface area contributed by atoms with Crippen LogP contribution in [0.5, 0.6) is 0 Å². The van der Waals surface area contributed by atoms with Gasteiger partial charge in [0.25, 0.3) is 0 Å². The van der Waals surface area contributed by atoms with Crippen LogP contribution in [0.25, 0.3) is 0 Å². The minimum absolute atomic E-state index is 0.00453. The molecule has 1 fully saturated rings. The second kappa shape index (κ2) is 23.7. The van der Waals surface area contributed by atoms with Crippen molar-refractivity contribution < 1.29 is 19.3 Å². The molecule has 1 unspecified atom stereocenters. The third kappa shape index (κ3) is 15.1. The van der Waals surface area contributed by atoms with Gasteiger partial charge in [-0.25, -0.2) is 0 Å². The van der Waals surface area contributed by atoms with Crippen molar-refractivity contribution in [2.45, 2.75) is 167 Å². The van der Waals surface area contributed by atoms with Crippen LogP contribution >= 0.6 is 0 Å². The summed E-state index contributed by atoms with van der Waals surface area (Å²) in [6, 6.07) is 0. The van der Waals surface area contributed by atoms with Gasteiger partial charge in [0.2, 0.25) is 0 Å². The van der Waals surface area contributed by atoms with Crippen molar-refractivity contribution in [1.82, 2.24) is 0 Å². The molecule has 1 rings (SSSR count). The van der Waals surface area contributed by atoms with E-state index in [-0.39, 0.29) is 31.0 Å². The lowest BCUT2D eigenvalue weighted by Crippen LogP contribution is -2.41. The highest BCUT2D eigenvalue weighted by Gasteiger charge is 2.47. The summed E-state index contributed by atoms with van der Waals surface area (Å²) < 4.78 is 19.3. The van der Waals surface area contributed by atoms with E-state index in [0.29, 0.717) is 5.92 Å². The van der Waals surface area contributed by atoms with Crippen LogP contribution in [0.1, 0.15) is 143 Å². The van der Waals surface area contributed by atoms with E-state index >= 15 is 0 Å². The van der Waals surface area contributed by atoms with Crippen LogP contribution in [0.3, 0.4) is 0 Å². The smallest absolute Gasteiger partial charge is 0.115 e. The number of aliphatic hydroxyl groups is 1. The Morgan fingerprint density at radius 3 is 1.78 bits per heavy atom. The van der Waals surface area contributed by atoms with Gasteiger partial charge in [-0.1, -0.05) is 117 Å². The third-order valence-corrected chi connectivity index (χ3v) is 7.77. The molecule has 1 saturated heterocycles. The van der Waals surface area contributed by atoms with E-state index in [1.54, 1.807) is 0 Å². The molecule has 0 saturated carbocycles. The molecule has 4 heteroatoms. The van der Waals surface area contributed by atoms with E-state index in [1.807, 2.05) is 6.08 Å². The molecule has 4 nitrogen and oxygen atoms in total. The maximum Gasteiger partial charge on any atom is 0.115 e. The Hall–Kier alpha value is -0.420. The zero-order valence-corrected chi connectivity index (χ0v) is 24.4. The second-order valence-electron chi connectivity index (χ2n) is 11.1. The summed E-state index contributed by atoms with van der Waals surface area (Å²) in [5.74, 6) is 0.407. The first-order valence-electron chi connectivity index (χ1n) is 15.8. The molecule has 0 spiro atoms. The van der Waals surface area contributed by atoms with Crippen LogP contribution in [-0.4, -0.2) is 49.3 Å². The maximum absolute atomic E-state index is 10.1. The largest absolute Gasteiger partial charge is 0.394 e. The molecule has 5 atom stereocenters. The van der Waals surface area contributed by atoms with Crippen molar-refractivity contribution in [1.29, 1.82) is 0 Å². The fourth-order valence-electron chi connectivity index (χ4n) is 5.41. The van der Waals surface area contributed by atoms with E-state index in [0.717, 1.165) is 38.9 Å². The highest BCUT2D eigenvalue weighted by Crippen LogP contribution is 2.33. The average Bonchev–Trinajstić information content (AvgIpc) is 3.24. The number of aliphatic hydroxyl groups excluding tert-OH is 1. The molecular formula is C32H62O4. The van der Waals surface area contributed by atoms with Crippen LogP contribution in [0, 0.1) is 5.92 Å². The SMILES string of the molecule is C=CCCCCCCCC(C)[C@H]1O[C@H](CO)[C@@H](OCCCCCCCC)[C@@H]1OCCCCCCCC. The summed E-state index contributed by atoms with van der Waals surface area (Å²) in [7, 11) is 0. The zero-order valence-electron chi connectivity index (χ0n) is 24.4. The Balaban J connectivity index is 2.55. The first kappa shape index (κ1) is 33.6. The molecule has 1 aliphatic heterocycles. The topological polar surface area (TPSA) is 47.9 Å². The molecule has 36 heavy (non-hydrogen) atoms. The van der Waals surface area contributed by atoms with Gasteiger partial charge < -0.3 is 19.3 Å². The highest BCUT2D eigenvalue weighted by molar-refractivity contribution is 4.95. The monoisotopic (exact) mass is 510 g/mol. The Morgan fingerprint density at radius 1 is 0.722 bits per heavy atom. The summed E-state index contributed by atoms with van der Waals surface area (Å²) in [6.45, 7) is 12.1. The number of hydrogen-bond donors (Lipinski definition) is 1. The van der Waals surface area contributed by atoms with Gasteiger partial charge in [0.15, 0.2) is 0 Å². The summed E-state index contributed by atoms with van der Waals surface area (Å²) in [6.07, 6.45) is 25.2. The number of unbranched alkanes of at least 4 members (excludes halogenated alkanes) is 15. The molecule has 0 bridgehead atoms. The van der Waals surface area contributed by atoms with Crippen molar-refractivity contribution in [3.8, 4) is 0 Å². The number of rotatable bonds is 26. The molecule has 0 aromatic carbocycles. The van der Waals surface area contributed by atoms with Crippen LogP contribution in [0.15, 0.2) is 12.7 Å². The molecule has 1 N–H and O–H groups in total. The van der Waals surface area contributed by atoms with Gasteiger partial charge >= 0.3 is 0 Å². The molecule has 0 aliphatic carbocycles. The fourth-order valence-corrected chi connectivity index (χ4v) is 5.41. The second-order valence-corrected chi connectivity index (χ2v) is 11.1. The van der Waals surface area contributed by atoms with E-state index < -0.39 is 0 Å². The predicted octanol–water partition coefficient (Wildman–Crippen LogP) is 8.79. The van der Waals surface area contributed by atoms with Crippen molar-refractivity contribution in [2.24, 2.45) is 5.92 Å². The Morgan fingerprint density at radius 2 is 1.22 bits per heavy atom. The minimum Gasteiger partial charge on any atom is -0.394 e. The fraction of sp³-hybridized carbons (Fsp3) is 0.938. The van der Waals surface area contributed by atoms with Crippen LogP contribution in [0.4, 0.5) is 0 Å². The lowest BCUT2D eigenvalue weighted by molar-refractivity contribution is -0.0761. The quantitative estimate of drug-likeness (QED) is 0.0933. The molecule has 1 aliphatic rings. The van der Waals surface area contributed by atoms with E-state index in [9.17, 15) is 5.11 Å². The molecule has 0 radical (unpaired) electrons. The van der Waals surface area contributed by atoms with Crippen LogP contribution in [0.2, 0.25) is 0 Å². The first-order valence-corrected chi connectivity index (χ1v) is 15.8. The molecule has 1 heterocycles. The summed E-state index contributed by atoms with van der Waals surface area (Å²) in [5.41, 5.74) is 0. The van der Waals surface area contributed by atoms with Gasteiger partial charge in [-0.2, -0.15) is 0 Å². The zero-order chi connectivity index (χ0) is 26.3. The summed E-state index contributed by atoms with van der Waals surface area (Å²) in [4.78, 5) is 0. The Labute approximate surface area is 224 Å². The molecule has 0 amide bonds. The van der Waals surface area contributed by atoms with Gasteiger partial charge in [0.1, 0.15) is 18.3 Å². The Bertz CT molecular complexity index is 483. The van der Waals surface area contributed by atoms with Crippen LogP contribution in [-0.2, 0) is 14.2 Å². The molecule has 214 valence electrons. The normalized spacial score (nSPS) is 22.8. The highest BCUT2D eigenvalue weighted by atomic mass is 16.6. The molecular weight excluding hydrogens is 448 g/mol. The molecule has 0 aromatic rings. The van der Waals surface area contributed by atoms with Crippen molar-refractivity contribution >= 4 is 0 Å². The predicted molar refractivity (Wildman–Crippen MR) is 154 cm³/mol. The maximum atomic E-state index is 10.1. The van der Waals surface area contributed by atoms with Crippen molar-refractivity contribution in [3.05, 3.63) is 12.7 Å². The summed E-state index contributed by atoms with van der Waals surface area (Å²) >= 11 is 0. The minimum atomic E-state index is -0.272. The number of hydrogen-bond acceptors (Lipinski definition) is 4. The van der Waals surface area contributed by atoms with Crippen LogP contribution < -0.4 is 0 Å². The average molecular weight is 511 g/mol.